The lowest BCUT2D eigenvalue weighted by atomic mass is 10.1. The summed E-state index contributed by atoms with van der Waals surface area (Å²) in [5, 5.41) is 13.4. The second-order valence-corrected chi connectivity index (χ2v) is 5.70. The van der Waals surface area contributed by atoms with Gasteiger partial charge in [-0.25, -0.2) is 0 Å². The highest BCUT2D eigenvalue weighted by Crippen LogP contribution is 2.29. The first-order valence-corrected chi connectivity index (χ1v) is 6.99. The van der Waals surface area contributed by atoms with Gasteiger partial charge in [0.2, 0.25) is 0 Å². The van der Waals surface area contributed by atoms with E-state index in [1.165, 1.54) is 0 Å². The van der Waals surface area contributed by atoms with E-state index in [4.69, 9.17) is 28.5 Å². The van der Waals surface area contributed by atoms with Gasteiger partial charge in [-0.1, -0.05) is 30.1 Å². The fraction of sp³-hybridized carbons (Fsp3) is 0.417. The number of hydrogen-bond acceptors (Lipinski definition) is 3. The van der Waals surface area contributed by atoms with Crippen LogP contribution in [-0.4, -0.2) is 17.8 Å². The van der Waals surface area contributed by atoms with E-state index in [0.717, 1.165) is 11.4 Å². The molecule has 1 unspecified atom stereocenters. The van der Waals surface area contributed by atoms with Crippen molar-refractivity contribution in [1.82, 2.24) is 5.32 Å². The van der Waals surface area contributed by atoms with Crippen LogP contribution in [0.1, 0.15) is 13.8 Å². The summed E-state index contributed by atoms with van der Waals surface area (Å²) in [6, 6.07) is 7.77. The summed E-state index contributed by atoms with van der Waals surface area (Å²) in [6.07, 6.45) is 0. The number of halogens is 2. The predicted octanol–water partition coefficient (Wildman–Crippen LogP) is 3.98. The molecule has 0 fully saturated rings. The highest BCUT2D eigenvalue weighted by molar-refractivity contribution is 7.99. The Kier molecular flexibility index (Phi) is 5.61. The molecule has 1 rings (SSSR count). The van der Waals surface area contributed by atoms with Gasteiger partial charge in [-0.05, 0) is 31.7 Å². The van der Waals surface area contributed by atoms with Crippen molar-refractivity contribution in [3.8, 4) is 6.07 Å². The van der Waals surface area contributed by atoms with Crippen LogP contribution in [0.3, 0.4) is 0 Å². The third-order valence-electron chi connectivity index (χ3n) is 2.23. The van der Waals surface area contributed by atoms with Crippen LogP contribution in [0.5, 0.6) is 0 Å². The van der Waals surface area contributed by atoms with Gasteiger partial charge < -0.3 is 0 Å². The van der Waals surface area contributed by atoms with Crippen molar-refractivity contribution in [3.05, 3.63) is 28.2 Å². The topological polar surface area (TPSA) is 35.8 Å². The number of nitriles is 1. The van der Waals surface area contributed by atoms with Crippen molar-refractivity contribution < 1.29 is 0 Å². The molecule has 5 heteroatoms. The minimum Gasteiger partial charge on any atom is -0.299 e. The van der Waals surface area contributed by atoms with Crippen LogP contribution in [0.25, 0.3) is 0 Å². The van der Waals surface area contributed by atoms with Crippen LogP contribution in [0.15, 0.2) is 23.1 Å². The maximum atomic E-state index is 9.12. The molecule has 0 aliphatic heterocycles. The number of thioether (sulfide) groups is 1. The molecule has 1 aromatic carbocycles. The number of nitrogens with one attached hydrogen (secondary N) is 1. The van der Waals surface area contributed by atoms with Crippen molar-refractivity contribution >= 4 is 35.0 Å². The van der Waals surface area contributed by atoms with E-state index in [2.05, 4.69) is 11.4 Å². The molecule has 0 bridgehead atoms. The van der Waals surface area contributed by atoms with Gasteiger partial charge >= 0.3 is 0 Å². The third-order valence-corrected chi connectivity index (χ3v) is 4.28. The van der Waals surface area contributed by atoms with Crippen LogP contribution in [-0.2, 0) is 0 Å². The second-order valence-electron chi connectivity index (χ2n) is 3.84. The largest absolute Gasteiger partial charge is 0.299 e. The van der Waals surface area contributed by atoms with Crippen molar-refractivity contribution in [2.45, 2.75) is 24.3 Å². The molecule has 0 saturated heterocycles. The lowest BCUT2D eigenvalue weighted by molar-refractivity contribution is 0.511. The van der Waals surface area contributed by atoms with Gasteiger partial charge in [0.15, 0.2) is 0 Å². The van der Waals surface area contributed by atoms with Gasteiger partial charge in [-0.3, -0.25) is 5.32 Å². The normalized spacial score (nSPS) is 14.1. The summed E-state index contributed by atoms with van der Waals surface area (Å²) in [7, 11) is 0. The van der Waals surface area contributed by atoms with Crippen LogP contribution >= 0.6 is 35.0 Å². The molecule has 1 N–H and O–H groups in total. The Morgan fingerprint density at radius 2 is 2.12 bits per heavy atom. The molecule has 1 aromatic rings. The van der Waals surface area contributed by atoms with Crippen molar-refractivity contribution in [3.63, 3.8) is 0 Å². The summed E-state index contributed by atoms with van der Waals surface area (Å²) in [5.74, 6) is 0.662. The third kappa shape index (κ3) is 4.40. The second kappa shape index (κ2) is 6.51. The SMILES string of the molecule is CCNC(C)(C#N)CSc1ccc(Cl)c(Cl)c1. The summed E-state index contributed by atoms with van der Waals surface area (Å²) >= 11 is 13.4. The summed E-state index contributed by atoms with van der Waals surface area (Å²) in [6.45, 7) is 4.65. The van der Waals surface area contributed by atoms with Crippen LogP contribution in [0.4, 0.5) is 0 Å². The van der Waals surface area contributed by atoms with E-state index in [1.807, 2.05) is 26.0 Å². The summed E-state index contributed by atoms with van der Waals surface area (Å²) in [5.41, 5.74) is -0.522. The van der Waals surface area contributed by atoms with Crippen molar-refractivity contribution in [1.29, 1.82) is 5.26 Å². The van der Waals surface area contributed by atoms with E-state index in [9.17, 15) is 0 Å². The average molecular weight is 289 g/mol. The van der Waals surface area contributed by atoms with Crippen molar-refractivity contribution in [2.24, 2.45) is 0 Å². The Morgan fingerprint density at radius 1 is 1.41 bits per heavy atom. The van der Waals surface area contributed by atoms with Crippen molar-refractivity contribution in [2.75, 3.05) is 12.3 Å². The molecule has 92 valence electrons. The first-order chi connectivity index (χ1) is 8.00. The highest BCUT2D eigenvalue weighted by atomic mass is 35.5. The Hall–Kier alpha value is -0.400. The molecule has 0 heterocycles. The minimum absolute atomic E-state index is 0.522. The van der Waals surface area contributed by atoms with E-state index >= 15 is 0 Å². The maximum absolute atomic E-state index is 9.12. The molecular formula is C12H14Cl2N2S. The number of benzene rings is 1. The molecule has 0 spiro atoms. The molecule has 0 saturated carbocycles. The molecule has 0 aliphatic carbocycles. The van der Waals surface area contributed by atoms with Gasteiger partial charge in [0.1, 0.15) is 5.54 Å². The molecule has 0 aromatic heterocycles. The van der Waals surface area contributed by atoms with Gasteiger partial charge in [0.05, 0.1) is 16.1 Å². The van der Waals surface area contributed by atoms with Gasteiger partial charge in [-0.2, -0.15) is 5.26 Å². The molecule has 17 heavy (non-hydrogen) atoms. The number of rotatable bonds is 5. The highest BCUT2D eigenvalue weighted by Gasteiger charge is 2.22. The molecule has 0 radical (unpaired) electrons. The summed E-state index contributed by atoms with van der Waals surface area (Å²) in [4.78, 5) is 1.01. The Labute approximate surface area is 116 Å². The first-order valence-electron chi connectivity index (χ1n) is 5.25. The molecule has 1 atom stereocenters. The van der Waals surface area contributed by atoms with E-state index in [0.29, 0.717) is 15.8 Å². The number of nitrogens with zero attached hydrogens (tertiary/aromatic N) is 1. The fourth-order valence-corrected chi connectivity index (χ4v) is 2.66. The van der Waals surface area contributed by atoms with E-state index < -0.39 is 5.54 Å². The molecular weight excluding hydrogens is 275 g/mol. The molecule has 0 amide bonds. The molecule has 2 nitrogen and oxygen atoms in total. The average Bonchev–Trinajstić information content (AvgIpc) is 2.31. The van der Waals surface area contributed by atoms with Crippen LogP contribution in [0.2, 0.25) is 10.0 Å². The zero-order chi connectivity index (χ0) is 12.9. The smallest absolute Gasteiger partial charge is 0.113 e. The van der Waals surface area contributed by atoms with Crippen LogP contribution < -0.4 is 5.32 Å². The van der Waals surface area contributed by atoms with Crippen LogP contribution in [0, 0.1) is 11.3 Å². The zero-order valence-electron chi connectivity index (χ0n) is 9.76. The van der Waals surface area contributed by atoms with Gasteiger partial charge in [-0.15, -0.1) is 11.8 Å². The Bertz CT molecular complexity index is 431. The summed E-state index contributed by atoms with van der Waals surface area (Å²) < 4.78 is 0. The first kappa shape index (κ1) is 14.7. The standard InChI is InChI=1S/C12H14Cl2N2S/c1-3-16-12(2,7-15)8-17-9-4-5-10(13)11(14)6-9/h4-6,16H,3,8H2,1-2H3. The quantitative estimate of drug-likeness (QED) is 0.833. The van der Waals surface area contributed by atoms with Gasteiger partial charge in [0.25, 0.3) is 0 Å². The molecule has 0 aliphatic rings. The van der Waals surface area contributed by atoms with E-state index in [1.54, 1.807) is 17.8 Å². The van der Waals surface area contributed by atoms with Gasteiger partial charge in [0, 0.05) is 10.6 Å². The number of hydrogen-bond donors (Lipinski definition) is 1. The van der Waals surface area contributed by atoms with E-state index in [-0.39, 0.29) is 0 Å². The maximum Gasteiger partial charge on any atom is 0.113 e. The Balaban J connectivity index is 2.66. The minimum atomic E-state index is -0.522. The zero-order valence-corrected chi connectivity index (χ0v) is 12.1. The predicted molar refractivity (Wildman–Crippen MR) is 74.9 cm³/mol. The lowest BCUT2D eigenvalue weighted by Crippen LogP contribution is -2.43. The monoisotopic (exact) mass is 288 g/mol. The Morgan fingerprint density at radius 3 is 2.65 bits per heavy atom. The fourth-order valence-electron chi connectivity index (χ4n) is 1.31. The lowest BCUT2D eigenvalue weighted by Gasteiger charge is -2.21.